The number of amides is 3. The molecule has 5 saturated carbocycles. The first-order valence-corrected chi connectivity index (χ1v) is 24.2. The van der Waals surface area contributed by atoms with E-state index in [0.717, 1.165) is 18.3 Å². The molecule has 0 bridgehead atoms. The summed E-state index contributed by atoms with van der Waals surface area (Å²) in [5, 5.41) is 8.09. The number of fused-ring (bicyclic) bond motifs is 7. The van der Waals surface area contributed by atoms with Crippen molar-refractivity contribution in [3.8, 4) is 0 Å². The van der Waals surface area contributed by atoms with Crippen LogP contribution in [-0.4, -0.2) is 73.1 Å². The van der Waals surface area contributed by atoms with Gasteiger partial charge in [0.1, 0.15) is 12.1 Å². The molecule has 0 aromatic rings. The molecule has 0 aromatic heterocycles. The Balaban J connectivity index is 1.30. The van der Waals surface area contributed by atoms with Gasteiger partial charge in [-0.15, -0.1) is 0 Å². The summed E-state index contributed by atoms with van der Waals surface area (Å²) in [5.41, 5.74) is 1.74. The Morgan fingerprint density at radius 2 is 1.19 bits per heavy atom. The maximum absolute atomic E-state index is 13.4. The van der Waals surface area contributed by atoms with E-state index in [9.17, 15) is 28.8 Å². The molecule has 62 heavy (non-hydrogen) atoms. The van der Waals surface area contributed by atoms with Crippen molar-refractivity contribution in [2.45, 2.75) is 204 Å². The van der Waals surface area contributed by atoms with Crippen molar-refractivity contribution in [3.05, 3.63) is 0 Å². The third kappa shape index (κ3) is 10.2. The lowest BCUT2D eigenvalue weighted by atomic mass is 9.32. The van der Waals surface area contributed by atoms with Gasteiger partial charge in [0, 0.05) is 41.2 Å². The molecule has 3 N–H and O–H groups in total. The number of carbonyl (C=O) groups is 6. The van der Waals surface area contributed by atoms with Gasteiger partial charge in [0.15, 0.2) is 12.2 Å². The highest BCUT2D eigenvalue weighted by Crippen LogP contribution is 2.78. The second kappa shape index (κ2) is 19.5. The van der Waals surface area contributed by atoms with Crippen LogP contribution in [0.25, 0.3) is 0 Å². The standard InChI is InChI=1S/C50H83N3O9/c1-30(36-20-25-47(9)37(36)21-26-49(11)42(47)18-19-43-48(10)24-14-23-46(7,8)41(48)22-27-50(43,49)12)16-17-39(60-33(4)56)44(62-35(6)58)40(61-34(5)57)29-52-45(59)38(53-32(3)55)15-13-28-51-31(2)54/h30,36-44H,13-29H2,1-12H3,(H,51,54)(H,52,59)(H,53,55)/t30?,36-,37+,38+,39-,40+,41+,42-,43-,44-,47+,48+,49-,50-/m1/s1. The van der Waals surface area contributed by atoms with E-state index in [4.69, 9.17) is 14.2 Å². The predicted molar refractivity (Wildman–Crippen MR) is 238 cm³/mol. The van der Waals surface area contributed by atoms with E-state index in [1.54, 1.807) is 0 Å². The van der Waals surface area contributed by atoms with Gasteiger partial charge in [0.25, 0.3) is 0 Å². The molecule has 0 aliphatic heterocycles. The first-order valence-electron chi connectivity index (χ1n) is 24.2. The maximum Gasteiger partial charge on any atom is 0.303 e. The van der Waals surface area contributed by atoms with E-state index < -0.39 is 54.1 Å². The molecule has 0 aromatic carbocycles. The zero-order chi connectivity index (χ0) is 46.0. The lowest BCUT2D eigenvalue weighted by Crippen LogP contribution is -2.65. The molecule has 5 rings (SSSR count). The van der Waals surface area contributed by atoms with Crippen molar-refractivity contribution in [3.63, 3.8) is 0 Å². The zero-order valence-corrected chi connectivity index (χ0v) is 40.5. The minimum atomic E-state index is -1.20. The monoisotopic (exact) mass is 870 g/mol. The summed E-state index contributed by atoms with van der Waals surface area (Å²) in [5.74, 6) is 0.683. The third-order valence-corrected chi connectivity index (χ3v) is 18.3. The minimum Gasteiger partial charge on any atom is -0.458 e. The van der Waals surface area contributed by atoms with Crippen molar-refractivity contribution in [1.82, 2.24) is 16.0 Å². The number of hydrogen-bond donors (Lipinski definition) is 3. The molecule has 12 nitrogen and oxygen atoms in total. The average molecular weight is 870 g/mol. The number of ether oxygens (including phenoxy) is 3. The highest BCUT2D eigenvalue weighted by Gasteiger charge is 2.70. The van der Waals surface area contributed by atoms with Gasteiger partial charge in [0.05, 0.1) is 6.54 Å². The van der Waals surface area contributed by atoms with Gasteiger partial charge in [-0.3, -0.25) is 28.8 Å². The average Bonchev–Trinajstić information content (AvgIpc) is 3.51. The summed E-state index contributed by atoms with van der Waals surface area (Å²) in [6.45, 7) is 24.7. The molecule has 5 fully saturated rings. The Kier molecular flexibility index (Phi) is 15.7. The van der Waals surface area contributed by atoms with Crippen LogP contribution in [0.15, 0.2) is 0 Å². The lowest BCUT2D eigenvalue weighted by Gasteiger charge is -2.73. The van der Waals surface area contributed by atoms with Crippen molar-refractivity contribution in [2.75, 3.05) is 13.1 Å². The van der Waals surface area contributed by atoms with Gasteiger partial charge in [-0.2, -0.15) is 0 Å². The first kappa shape index (κ1) is 49.8. The van der Waals surface area contributed by atoms with Gasteiger partial charge >= 0.3 is 17.9 Å². The molecule has 0 heterocycles. The van der Waals surface area contributed by atoms with Crippen LogP contribution in [0.3, 0.4) is 0 Å². The molecule has 352 valence electrons. The quantitative estimate of drug-likeness (QED) is 0.0742. The first-order chi connectivity index (χ1) is 28.9. The second-order valence-corrected chi connectivity index (χ2v) is 22.4. The predicted octanol–water partition coefficient (Wildman–Crippen LogP) is 8.23. The van der Waals surface area contributed by atoms with Crippen molar-refractivity contribution in [1.29, 1.82) is 0 Å². The number of nitrogens with one attached hydrogen (secondary N) is 3. The molecule has 0 saturated heterocycles. The maximum atomic E-state index is 13.4. The number of hydrogen-bond acceptors (Lipinski definition) is 9. The number of carbonyl (C=O) groups excluding carboxylic acids is 6. The Bertz CT molecular complexity index is 1670. The molecule has 0 radical (unpaired) electrons. The van der Waals surface area contributed by atoms with Crippen molar-refractivity contribution < 1.29 is 43.0 Å². The fraction of sp³-hybridized carbons (Fsp3) is 0.880. The topological polar surface area (TPSA) is 166 Å². The summed E-state index contributed by atoms with van der Waals surface area (Å²) in [4.78, 5) is 74.6. The van der Waals surface area contributed by atoms with Gasteiger partial charge in [-0.1, -0.05) is 54.9 Å². The van der Waals surface area contributed by atoms with E-state index in [-0.39, 0.29) is 24.3 Å². The van der Waals surface area contributed by atoms with Crippen LogP contribution in [0.1, 0.15) is 179 Å². The minimum absolute atomic E-state index is 0.201. The summed E-state index contributed by atoms with van der Waals surface area (Å²) in [6, 6.07) is -0.924. The van der Waals surface area contributed by atoms with Crippen LogP contribution in [0, 0.1) is 62.6 Å². The van der Waals surface area contributed by atoms with E-state index in [2.05, 4.69) is 64.4 Å². The molecule has 0 spiro atoms. The summed E-state index contributed by atoms with van der Waals surface area (Å²) < 4.78 is 17.4. The molecule has 5 aliphatic rings. The van der Waals surface area contributed by atoms with E-state index >= 15 is 0 Å². The van der Waals surface area contributed by atoms with Gasteiger partial charge in [0.2, 0.25) is 17.7 Å². The van der Waals surface area contributed by atoms with Crippen LogP contribution in [0.2, 0.25) is 0 Å². The van der Waals surface area contributed by atoms with Crippen LogP contribution in [0.4, 0.5) is 0 Å². The Morgan fingerprint density at radius 3 is 1.79 bits per heavy atom. The van der Waals surface area contributed by atoms with Crippen LogP contribution >= 0.6 is 0 Å². The number of esters is 3. The van der Waals surface area contributed by atoms with Crippen LogP contribution in [0.5, 0.6) is 0 Å². The highest BCUT2D eigenvalue weighted by atomic mass is 16.6. The van der Waals surface area contributed by atoms with Gasteiger partial charge in [-0.25, -0.2) is 0 Å². The lowest BCUT2D eigenvalue weighted by molar-refractivity contribution is -0.241. The van der Waals surface area contributed by atoms with E-state index in [0.29, 0.717) is 71.1 Å². The van der Waals surface area contributed by atoms with E-state index in [1.165, 1.54) is 98.8 Å². The molecular weight excluding hydrogens is 787 g/mol. The number of rotatable bonds is 17. The van der Waals surface area contributed by atoms with Crippen molar-refractivity contribution in [2.24, 2.45) is 62.6 Å². The summed E-state index contributed by atoms with van der Waals surface area (Å²) >= 11 is 0. The highest BCUT2D eigenvalue weighted by molar-refractivity contribution is 5.86. The summed E-state index contributed by atoms with van der Waals surface area (Å²) in [6.07, 6.45) is 12.8. The van der Waals surface area contributed by atoms with Crippen LogP contribution < -0.4 is 16.0 Å². The fourth-order valence-electron chi connectivity index (χ4n) is 15.6. The molecule has 3 amide bonds. The zero-order valence-electron chi connectivity index (χ0n) is 40.5. The second-order valence-electron chi connectivity index (χ2n) is 22.4. The smallest absolute Gasteiger partial charge is 0.303 e. The molecule has 5 aliphatic carbocycles. The SMILES string of the molecule is CC(=O)NCCC[C@H](NC(C)=O)C(=O)NC[C@H](OC(C)=O)[C@H](OC(C)=O)[C@@H](CCC(C)[C@H]1CC[C@]2(C)[C@H]3CC[C@@H]4[C@@]5(C)CCCC(C)(C)[C@@H]5CC[C@@]4(C)[C@]3(C)CC[C@@H]12)OC(C)=O. The third-order valence-electron chi connectivity index (χ3n) is 18.3. The molecule has 14 atom stereocenters. The van der Waals surface area contributed by atoms with Crippen LogP contribution in [-0.2, 0) is 43.0 Å². The summed E-state index contributed by atoms with van der Waals surface area (Å²) in [7, 11) is 0. The Hall–Kier alpha value is -3.18. The Labute approximate surface area is 373 Å². The van der Waals surface area contributed by atoms with Crippen molar-refractivity contribution >= 4 is 35.6 Å². The van der Waals surface area contributed by atoms with Gasteiger partial charge < -0.3 is 30.2 Å². The van der Waals surface area contributed by atoms with Gasteiger partial charge in [-0.05, 0) is 152 Å². The largest absolute Gasteiger partial charge is 0.458 e. The molecular formula is C50H83N3O9. The van der Waals surface area contributed by atoms with E-state index in [1.807, 2.05) is 0 Å². The molecule has 12 heteroatoms. The molecule has 1 unspecified atom stereocenters. The Morgan fingerprint density at radius 1 is 0.597 bits per heavy atom. The fourth-order valence-corrected chi connectivity index (χ4v) is 15.6. The normalized spacial score (nSPS) is 35.7.